The maximum atomic E-state index is 12.5. The first kappa shape index (κ1) is 15.3. The molecule has 0 spiro atoms. The van der Waals surface area contributed by atoms with Gasteiger partial charge in [-0.1, -0.05) is 24.3 Å². The molecule has 0 saturated carbocycles. The van der Waals surface area contributed by atoms with Crippen LogP contribution in [-0.2, 0) is 11.2 Å². The molecule has 0 saturated heterocycles. The van der Waals surface area contributed by atoms with Gasteiger partial charge >= 0.3 is 5.97 Å². The Morgan fingerprint density at radius 2 is 2.00 bits per heavy atom. The fraction of sp³-hybridized carbons (Fsp3) is 0.176. The van der Waals surface area contributed by atoms with E-state index in [4.69, 9.17) is 4.74 Å². The van der Waals surface area contributed by atoms with E-state index in [1.807, 2.05) is 42.6 Å². The van der Waals surface area contributed by atoms with E-state index in [2.05, 4.69) is 5.10 Å². The van der Waals surface area contributed by atoms with Gasteiger partial charge < -0.3 is 4.74 Å². The quantitative estimate of drug-likeness (QED) is 0.732. The molecule has 0 aliphatic heterocycles. The number of ether oxygens (including phenoxy) is 1. The van der Waals surface area contributed by atoms with Crippen LogP contribution in [0.3, 0.4) is 0 Å². The van der Waals surface area contributed by atoms with E-state index >= 15 is 0 Å². The summed E-state index contributed by atoms with van der Waals surface area (Å²) < 4.78 is 6.73. The van der Waals surface area contributed by atoms with Gasteiger partial charge in [-0.05, 0) is 30.5 Å². The van der Waals surface area contributed by atoms with Crippen molar-refractivity contribution in [2.24, 2.45) is 0 Å². The molecule has 0 atom stereocenters. The molecule has 0 aliphatic rings. The van der Waals surface area contributed by atoms with Crippen molar-refractivity contribution in [2.75, 3.05) is 6.61 Å². The van der Waals surface area contributed by atoms with Gasteiger partial charge in [-0.15, -0.1) is 11.3 Å². The number of carbonyl (C=O) groups is 1. The predicted octanol–water partition coefficient (Wildman–Crippen LogP) is 2.94. The topological polar surface area (TPSA) is 64.1 Å². The fourth-order valence-electron chi connectivity index (χ4n) is 2.35. The standard InChI is InChI=1S/C17H16N2O3S/c1-12-14(9-10-22-17(21)15-8-5-11-23-15)16(20)19(18-12)13-6-3-2-4-7-13/h2-8,11,18H,9-10H2,1H3. The molecule has 3 aromatic rings. The normalized spacial score (nSPS) is 10.7. The summed E-state index contributed by atoms with van der Waals surface area (Å²) in [6.45, 7) is 2.02. The number of rotatable bonds is 5. The number of hydrogen-bond donors (Lipinski definition) is 1. The number of H-pyrrole nitrogens is 1. The number of aromatic nitrogens is 2. The molecule has 118 valence electrons. The van der Waals surface area contributed by atoms with Crippen molar-refractivity contribution < 1.29 is 9.53 Å². The molecule has 1 aromatic carbocycles. The second-order valence-corrected chi connectivity index (χ2v) is 6.00. The molecule has 3 rings (SSSR count). The van der Waals surface area contributed by atoms with E-state index in [9.17, 15) is 9.59 Å². The monoisotopic (exact) mass is 328 g/mol. The molecule has 0 unspecified atom stereocenters. The van der Waals surface area contributed by atoms with Crippen molar-refractivity contribution in [3.8, 4) is 5.69 Å². The maximum Gasteiger partial charge on any atom is 0.348 e. The Balaban J connectivity index is 1.70. The third kappa shape index (κ3) is 3.27. The Hall–Kier alpha value is -2.60. The van der Waals surface area contributed by atoms with Gasteiger partial charge in [0.2, 0.25) is 0 Å². The molecule has 0 bridgehead atoms. The molecule has 6 heteroatoms. The fourth-order valence-corrected chi connectivity index (χ4v) is 2.96. The summed E-state index contributed by atoms with van der Waals surface area (Å²) in [6, 6.07) is 12.9. The summed E-state index contributed by atoms with van der Waals surface area (Å²) in [5, 5.41) is 4.89. The van der Waals surface area contributed by atoms with Gasteiger partial charge in [0.1, 0.15) is 4.88 Å². The second kappa shape index (κ2) is 6.66. The van der Waals surface area contributed by atoms with Crippen LogP contribution in [0.25, 0.3) is 5.69 Å². The highest BCUT2D eigenvalue weighted by atomic mass is 32.1. The molecule has 0 amide bonds. The Bertz CT molecular complexity index is 848. The van der Waals surface area contributed by atoms with Crippen molar-refractivity contribution in [2.45, 2.75) is 13.3 Å². The van der Waals surface area contributed by atoms with Gasteiger partial charge in [-0.3, -0.25) is 9.89 Å². The maximum absolute atomic E-state index is 12.5. The lowest BCUT2D eigenvalue weighted by Gasteiger charge is -2.02. The Morgan fingerprint density at radius 3 is 2.70 bits per heavy atom. The number of benzene rings is 1. The van der Waals surface area contributed by atoms with E-state index in [1.54, 1.807) is 12.1 Å². The minimum atomic E-state index is -0.350. The molecule has 2 heterocycles. The minimum absolute atomic E-state index is 0.110. The van der Waals surface area contributed by atoms with Crippen LogP contribution in [0.4, 0.5) is 0 Å². The lowest BCUT2D eigenvalue weighted by atomic mass is 10.2. The molecular formula is C17H16N2O3S. The van der Waals surface area contributed by atoms with Crippen molar-refractivity contribution in [3.05, 3.63) is 74.3 Å². The molecule has 0 radical (unpaired) electrons. The molecule has 0 aliphatic carbocycles. The van der Waals surface area contributed by atoms with Crippen LogP contribution < -0.4 is 5.56 Å². The van der Waals surface area contributed by atoms with Crippen LogP contribution in [0.2, 0.25) is 0 Å². The van der Waals surface area contributed by atoms with Crippen molar-refractivity contribution in [1.29, 1.82) is 0 Å². The van der Waals surface area contributed by atoms with Crippen molar-refractivity contribution in [3.63, 3.8) is 0 Å². The van der Waals surface area contributed by atoms with Crippen LogP contribution in [0.15, 0.2) is 52.6 Å². The van der Waals surface area contributed by atoms with Gasteiger partial charge in [0.05, 0.1) is 12.3 Å². The number of aryl methyl sites for hydroxylation is 1. The lowest BCUT2D eigenvalue weighted by molar-refractivity contribution is 0.0514. The van der Waals surface area contributed by atoms with Crippen LogP contribution >= 0.6 is 11.3 Å². The summed E-state index contributed by atoms with van der Waals surface area (Å²) in [5.41, 5.74) is 2.09. The minimum Gasteiger partial charge on any atom is -0.461 e. The molecule has 1 N–H and O–H groups in total. The van der Waals surface area contributed by atoms with Gasteiger partial charge in [0.25, 0.3) is 5.56 Å². The zero-order valence-corrected chi connectivity index (χ0v) is 13.4. The Morgan fingerprint density at radius 1 is 1.22 bits per heavy atom. The summed E-state index contributed by atoms with van der Waals surface area (Å²) in [6.07, 6.45) is 0.387. The summed E-state index contributed by atoms with van der Waals surface area (Å²) in [4.78, 5) is 24.8. The predicted molar refractivity (Wildman–Crippen MR) is 89.4 cm³/mol. The van der Waals surface area contributed by atoms with E-state index < -0.39 is 0 Å². The van der Waals surface area contributed by atoms with Gasteiger partial charge in [0, 0.05) is 17.7 Å². The SMILES string of the molecule is Cc1[nH]n(-c2ccccc2)c(=O)c1CCOC(=O)c1cccs1. The van der Waals surface area contributed by atoms with Crippen LogP contribution in [0, 0.1) is 6.92 Å². The number of nitrogens with one attached hydrogen (secondary N) is 1. The largest absolute Gasteiger partial charge is 0.461 e. The highest BCUT2D eigenvalue weighted by molar-refractivity contribution is 7.11. The Labute approximate surface area is 137 Å². The van der Waals surface area contributed by atoms with E-state index in [-0.39, 0.29) is 18.1 Å². The first-order valence-corrected chi connectivity index (χ1v) is 8.11. The van der Waals surface area contributed by atoms with Crippen LogP contribution in [-0.4, -0.2) is 22.4 Å². The number of para-hydroxylation sites is 1. The number of esters is 1. The smallest absolute Gasteiger partial charge is 0.348 e. The number of hydrogen-bond acceptors (Lipinski definition) is 4. The molecule has 23 heavy (non-hydrogen) atoms. The van der Waals surface area contributed by atoms with Crippen LogP contribution in [0.1, 0.15) is 20.9 Å². The van der Waals surface area contributed by atoms with E-state index in [0.717, 1.165) is 11.4 Å². The molecular weight excluding hydrogens is 312 g/mol. The number of thiophene rings is 1. The van der Waals surface area contributed by atoms with Gasteiger partial charge in [0.15, 0.2) is 0 Å². The molecule has 0 fully saturated rings. The van der Waals surface area contributed by atoms with Gasteiger partial charge in [-0.25, -0.2) is 9.48 Å². The highest BCUT2D eigenvalue weighted by Crippen LogP contribution is 2.11. The third-order valence-electron chi connectivity index (χ3n) is 3.52. The highest BCUT2D eigenvalue weighted by Gasteiger charge is 2.14. The third-order valence-corrected chi connectivity index (χ3v) is 4.37. The molecule has 5 nitrogen and oxygen atoms in total. The number of aromatic amines is 1. The summed E-state index contributed by atoms with van der Waals surface area (Å²) in [7, 11) is 0. The van der Waals surface area contributed by atoms with E-state index in [0.29, 0.717) is 16.9 Å². The first-order chi connectivity index (χ1) is 11.2. The Kier molecular flexibility index (Phi) is 4.43. The van der Waals surface area contributed by atoms with Crippen molar-refractivity contribution in [1.82, 2.24) is 9.78 Å². The second-order valence-electron chi connectivity index (χ2n) is 5.05. The van der Waals surface area contributed by atoms with E-state index in [1.165, 1.54) is 16.0 Å². The number of carbonyl (C=O) groups excluding carboxylic acids is 1. The van der Waals surface area contributed by atoms with Gasteiger partial charge in [-0.2, -0.15) is 0 Å². The zero-order chi connectivity index (χ0) is 16.2. The number of nitrogens with zero attached hydrogens (tertiary/aromatic N) is 1. The first-order valence-electron chi connectivity index (χ1n) is 7.23. The summed E-state index contributed by atoms with van der Waals surface area (Å²) in [5.74, 6) is -0.350. The average molecular weight is 328 g/mol. The lowest BCUT2D eigenvalue weighted by Crippen LogP contribution is -2.19. The average Bonchev–Trinajstić information content (AvgIpc) is 3.19. The molecule has 2 aromatic heterocycles. The summed E-state index contributed by atoms with van der Waals surface area (Å²) >= 11 is 1.34. The van der Waals surface area contributed by atoms with Crippen molar-refractivity contribution >= 4 is 17.3 Å². The van der Waals surface area contributed by atoms with Crippen LogP contribution in [0.5, 0.6) is 0 Å². The zero-order valence-electron chi connectivity index (χ0n) is 12.6.